The van der Waals surface area contributed by atoms with Crippen LogP contribution in [0.5, 0.6) is 0 Å². The smallest absolute Gasteiger partial charge is 1.00 e. The summed E-state index contributed by atoms with van der Waals surface area (Å²) in [6.07, 6.45) is 0. The van der Waals surface area contributed by atoms with E-state index in [0.717, 1.165) is 119 Å². The molecule has 0 unspecified atom stereocenters. The first-order chi connectivity index (χ1) is 56.2. The number of hydrogen-bond donors (Lipinski definition) is 4. The standard InChI is InChI=1S/2C21H25FN2O2.C19H29FN2O2.C19H30N2O3.C6H4BrF.C4H8O.CH2O3.CH4O.CH4.2K.H/c1-15-12-23(20-10-8-19(22)9-11-20)13-16(2)24(15)14-17-4-6-18(7-5-17)21(25)26-3;1-15-11-23(20-9-7-19(22)8-10-20)12-16(2)24(15)13-17-3-5-18(6-4-17)21(26)14-25;1-14-9-21(13-19(3,4)20)10-15(2)22(14)11-16-5-7-17(8-6-16)18(24)12-23;1-14-10-20(13-19(3,4)23)11-15(2)21(14)12-16-6-8-17(9-7-16)18(22)24-5;7-5-1-3-6(8)4-2-5;1-4(2)3-5-4;2-1-4-3;1-2;;;;/h4-11,15-16H,12-14H2,1-3H3;3-10,15-16,25H,11-14H2,1-2H3;5-8,14-15,23H,9-13H2,1-4H3;6-9,14-15,23H,10-13H2,1-5H3;1-4H;3H2,1-2H3;1,3H;2H,1H3;1H4;;;/q;;;;;;;;;2*+1;-1/p-1/t2*15-,16+;2*14-,15+;;;;;;;;. The summed E-state index contributed by atoms with van der Waals surface area (Å²) in [7, 11) is 3.78. The first-order valence-corrected chi connectivity index (χ1v) is 41.0. The molecule has 5 saturated heterocycles. The van der Waals surface area contributed by atoms with Gasteiger partial charge >= 0.3 is 115 Å². The topological polar surface area (TPSA) is 255 Å². The molecule has 0 saturated carbocycles. The molecule has 664 valence electrons. The predicted octanol–water partition coefficient (Wildman–Crippen LogP) is 7.64. The number of hydrogen-bond acceptors (Lipinski definition) is 22. The molecular formula is C93H131BrF4K2N8O14. The summed E-state index contributed by atoms with van der Waals surface area (Å²) in [5.41, 5.74) is 7.41. The maximum atomic E-state index is 13.9. The van der Waals surface area contributed by atoms with E-state index < -0.39 is 24.5 Å². The van der Waals surface area contributed by atoms with Crippen LogP contribution in [0, 0.1) is 17.5 Å². The van der Waals surface area contributed by atoms with Crippen molar-refractivity contribution in [3.05, 3.63) is 236 Å². The average molecular weight is 1820 g/mol. The van der Waals surface area contributed by atoms with Gasteiger partial charge in [0.1, 0.15) is 36.3 Å². The zero-order valence-corrected chi connectivity index (χ0v) is 82.1. The number of benzene rings is 7. The van der Waals surface area contributed by atoms with Crippen LogP contribution in [0.15, 0.2) is 174 Å². The monoisotopic (exact) mass is 1820 g/mol. The number of nitrogens with zero attached hydrogens (tertiary/aromatic N) is 8. The van der Waals surface area contributed by atoms with Crippen LogP contribution in [0.3, 0.4) is 0 Å². The van der Waals surface area contributed by atoms with E-state index in [0.29, 0.717) is 83.7 Å². The van der Waals surface area contributed by atoms with E-state index in [1.807, 2.05) is 111 Å². The Morgan fingerprint density at radius 2 is 0.705 bits per heavy atom. The number of aliphatic hydroxyl groups is 4. The van der Waals surface area contributed by atoms with Crippen LogP contribution in [0.2, 0.25) is 0 Å². The van der Waals surface area contributed by atoms with Gasteiger partial charge in [-0.3, -0.25) is 43.8 Å². The Labute approximate surface area is 817 Å². The quantitative estimate of drug-likeness (QED) is 0.00788. The molecule has 5 aliphatic rings. The molecule has 22 nitrogen and oxygen atoms in total. The Bertz CT molecular complexity index is 3870. The Hall–Kier alpha value is -5.12. The van der Waals surface area contributed by atoms with Crippen LogP contribution in [0.25, 0.3) is 0 Å². The molecule has 5 heterocycles. The van der Waals surface area contributed by atoms with Gasteiger partial charge in [-0.15, -0.1) is 0 Å². The minimum atomic E-state index is -1.17. The van der Waals surface area contributed by atoms with Crippen LogP contribution < -0.4 is 118 Å². The molecule has 4 N–H and O–H groups in total. The van der Waals surface area contributed by atoms with Crippen molar-refractivity contribution in [3.8, 4) is 0 Å². The fraction of sp³-hybridized carbons (Fsp3) is 0.495. The first kappa shape index (κ1) is 113. The number of halogens is 5. The number of β-amino-alcohol motifs (C(OH)–C–C–N with tert-alkyl or cyclic N) is 1. The van der Waals surface area contributed by atoms with Gasteiger partial charge in [-0.25, -0.2) is 27.2 Å². The molecule has 0 amide bonds. The van der Waals surface area contributed by atoms with Crippen molar-refractivity contribution in [1.29, 1.82) is 0 Å². The van der Waals surface area contributed by atoms with E-state index in [1.54, 1.807) is 50.2 Å². The maximum absolute atomic E-state index is 13.9. The van der Waals surface area contributed by atoms with Gasteiger partial charge in [-0.05, 0) is 216 Å². The molecule has 7 aromatic carbocycles. The SMILES string of the molecule is C.CC1(C)CO1.CO.COC(=O)c1ccc(CN2[C@H](C)CN(CC(C)(C)O)C[C@@H]2C)cc1.COC(=O)c1ccc(CN2[C@H](C)CN(c3ccc(F)cc3)C[C@@H]2C)cc1.C[C@@H]1CN(CC(C)(C)F)C[C@H](C)N1Cc1ccc(C(=O)CO)cc1.C[C@@H]1CN(c2ccc(F)cc2)C[C@H](C)N1Cc1ccc(C(=O)CO)cc1.Fc1ccc(Br)cc1.O=CO[O-].[H-].[K+].[K+]. The number of alkyl halides is 1. The predicted molar refractivity (Wildman–Crippen MR) is 468 cm³/mol. The number of piperazine rings is 4. The third-order valence-corrected chi connectivity index (χ3v) is 21.3. The summed E-state index contributed by atoms with van der Waals surface area (Å²) in [4.78, 5) is 76.3. The van der Waals surface area contributed by atoms with E-state index in [1.165, 1.54) is 61.7 Å². The van der Waals surface area contributed by atoms with Gasteiger partial charge < -0.3 is 56.0 Å². The van der Waals surface area contributed by atoms with E-state index in [2.05, 4.69) is 129 Å². The summed E-state index contributed by atoms with van der Waals surface area (Å²) in [5.74, 6) is -1.75. The van der Waals surface area contributed by atoms with E-state index >= 15 is 0 Å². The molecule has 8 atom stereocenters. The first-order valence-electron chi connectivity index (χ1n) is 40.2. The van der Waals surface area contributed by atoms with Gasteiger partial charge in [0, 0.05) is 174 Å². The number of carbonyl (C=O) groups excluding carboxylic acids is 5. The molecule has 0 spiro atoms. The number of anilines is 2. The van der Waals surface area contributed by atoms with Gasteiger partial charge in [0.15, 0.2) is 11.6 Å². The molecule has 122 heavy (non-hydrogen) atoms. The second kappa shape index (κ2) is 56.3. The van der Waals surface area contributed by atoms with Crippen LogP contribution in [0.4, 0.5) is 28.9 Å². The van der Waals surface area contributed by atoms with Gasteiger partial charge in [-0.2, -0.15) is 0 Å². The zero-order valence-electron chi connectivity index (χ0n) is 75.2. The largest absolute Gasteiger partial charge is 1.00 e. The van der Waals surface area contributed by atoms with Gasteiger partial charge in [0.25, 0.3) is 6.47 Å². The second-order valence-electron chi connectivity index (χ2n) is 32.8. The molecule has 0 bridgehead atoms. The van der Waals surface area contributed by atoms with Crippen molar-refractivity contribution in [1.82, 2.24) is 29.4 Å². The van der Waals surface area contributed by atoms with Gasteiger partial charge in [-0.1, -0.05) is 96.2 Å². The Kier molecular flexibility index (Phi) is 52.1. The molecule has 12 rings (SSSR count). The zero-order chi connectivity index (χ0) is 88.5. The molecule has 5 fully saturated rings. The number of ketones is 2. The van der Waals surface area contributed by atoms with Crippen molar-refractivity contribution in [2.45, 2.75) is 196 Å². The Balaban J connectivity index is 0.000000755. The molecule has 5 aliphatic heterocycles. The normalized spacial score (nSPS) is 20.2. The minimum Gasteiger partial charge on any atom is -1.00 e. The fourth-order valence-electron chi connectivity index (χ4n) is 14.9. The van der Waals surface area contributed by atoms with Crippen LogP contribution >= 0.6 is 15.9 Å². The molecule has 0 radical (unpaired) electrons. The number of aliphatic hydroxyl groups excluding tert-OH is 3. The number of ether oxygens (including phenoxy) is 3. The maximum Gasteiger partial charge on any atom is 1.00 e. The third-order valence-electron chi connectivity index (χ3n) is 20.8. The third kappa shape index (κ3) is 40.0. The molecule has 0 aromatic heterocycles. The average Bonchev–Trinajstić information content (AvgIpc) is 1.60. The number of esters is 2. The molecular weight excluding hydrogens is 1690 g/mol. The van der Waals surface area contributed by atoms with Crippen molar-refractivity contribution in [3.63, 3.8) is 0 Å². The molecule has 29 heteroatoms. The Morgan fingerprint density at radius 1 is 0.475 bits per heavy atom. The summed E-state index contributed by atoms with van der Waals surface area (Å²) in [6.45, 7) is 40.3. The Morgan fingerprint density at radius 3 is 0.910 bits per heavy atom. The van der Waals surface area contributed by atoms with Crippen molar-refractivity contribution < 1.29 is 191 Å². The number of Topliss-reactive ketones (excluding diaryl/α,β-unsaturated/α-hetero) is 2. The van der Waals surface area contributed by atoms with Crippen molar-refractivity contribution in [2.75, 3.05) is 116 Å². The molecule has 7 aromatic rings. The van der Waals surface area contributed by atoms with Gasteiger partial charge in [0.2, 0.25) is 0 Å². The summed E-state index contributed by atoms with van der Waals surface area (Å²) >= 11 is 3.18. The van der Waals surface area contributed by atoms with E-state index in [4.69, 9.17) is 39.6 Å². The van der Waals surface area contributed by atoms with Crippen LogP contribution in [-0.2, 0) is 50.1 Å². The summed E-state index contributed by atoms with van der Waals surface area (Å²) < 4.78 is 67.6. The van der Waals surface area contributed by atoms with Crippen molar-refractivity contribution in [2.24, 2.45) is 0 Å². The van der Waals surface area contributed by atoms with Crippen LogP contribution in [-0.4, -0.2) is 252 Å². The molecule has 0 aliphatic carbocycles. The minimum absolute atomic E-state index is 0. The summed E-state index contributed by atoms with van der Waals surface area (Å²) in [5, 5.41) is 43.3. The van der Waals surface area contributed by atoms with Crippen molar-refractivity contribution >= 4 is 57.3 Å². The summed E-state index contributed by atoms with van der Waals surface area (Å²) in [6, 6.07) is 52.6. The van der Waals surface area contributed by atoms with E-state index in [9.17, 15) is 41.8 Å². The fourth-order valence-corrected chi connectivity index (χ4v) is 15.1. The van der Waals surface area contributed by atoms with Crippen LogP contribution in [0.1, 0.15) is 169 Å². The number of rotatable bonds is 21. The van der Waals surface area contributed by atoms with Gasteiger partial charge in [0.05, 0.1) is 43.2 Å². The second-order valence-corrected chi connectivity index (χ2v) is 33.7. The number of methoxy groups -OCH3 is 2. The van der Waals surface area contributed by atoms with E-state index in [-0.39, 0.29) is 165 Å². The number of carbonyl (C=O) groups is 5. The number of epoxide rings is 1.